The van der Waals surface area contributed by atoms with Gasteiger partial charge in [0.2, 0.25) is 0 Å². The smallest absolute Gasteiger partial charge is 0.338 e. The predicted octanol–water partition coefficient (Wildman–Crippen LogP) is 3.52. The Balaban J connectivity index is 1.80. The minimum Gasteiger partial charge on any atom is -0.452 e. The third-order valence-electron chi connectivity index (χ3n) is 4.24. The average Bonchev–Trinajstić information content (AvgIpc) is 3.08. The number of fused-ring (bicyclic) bond motifs is 1. The summed E-state index contributed by atoms with van der Waals surface area (Å²) in [5.74, 6) is -0.215. The lowest BCUT2D eigenvalue weighted by atomic mass is 10.1. The van der Waals surface area contributed by atoms with E-state index in [-0.39, 0.29) is 18.6 Å². The summed E-state index contributed by atoms with van der Waals surface area (Å²) in [4.78, 5) is 25.8. The van der Waals surface area contributed by atoms with E-state index in [1.165, 1.54) is 4.90 Å². The molecule has 0 saturated carbocycles. The van der Waals surface area contributed by atoms with Crippen molar-refractivity contribution in [3.8, 4) is 11.3 Å². The Morgan fingerprint density at radius 3 is 2.58 bits per heavy atom. The molecule has 0 aliphatic rings. The lowest BCUT2D eigenvalue weighted by Gasteiger charge is -2.21. The van der Waals surface area contributed by atoms with Gasteiger partial charge in [-0.25, -0.2) is 4.79 Å². The van der Waals surface area contributed by atoms with Crippen molar-refractivity contribution in [1.29, 1.82) is 0 Å². The average molecular weight is 352 g/mol. The largest absolute Gasteiger partial charge is 0.452 e. The van der Waals surface area contributed by atoms with E-state index in [9.17, 15) is 9.59 Å². The molecular weight excluding hydrogens is 332 g/mol. The molecule has 2 aromatic carbocycles. The van der Waals surface area contributed by atoms with Crippen LogP contribution in [-0.2, 0) is 9.53 Å². The molecule has 26 heavy (non-hydrogen) atoms. The Bertz CT molecular complexity index is 931. The Morgan fingerprint density at radius 1 is 1.15 bits per heavy atom. The van der Waals surface area contributed by atoms with Gasteiger partial charge in [0.15, 0.2) is 12.4 Å². The maximum absolute atomic E-state index is 12.3. The molecule has 0 unspecified atom stereocenters. The second-order valence-corrected chi connectivity index (χ2v) is 6.28. The summed E-state index contributed by atoms with van der Waals surface area (Å²) in [6.45, 7) is 3.50. The highest BCUT2D eigenvalue weighted by atomic mass is 16.5. The SMILES string of the molecule is CC(C)N(C)C(=O)COC(=O)c1ccc2noc(-c3ccccc3)c2c1. The molecule has 1 amide bonds. The first-order chi connectivity index (χ1) is 12.5. The minimum atomic E-state index is -0.558. The fourth-order valence-corrected chi connectivity index (χ4v) is 2.47. The molecule has 0 N–H and O–H groups in total. The molecule has 134 valence electrons. The number of ether oxygens (including phenoxy) is 1. The summed E-state index contributed by atoms with van der Waals surface area (Å²) in [6, 6.07) is 14.6. The molecule has 0 fully saturated rings. The molecule has 3 aromatic rings. The predicted molar refractivity (Wildman–Crippen MR) is 97.6 cm³/mol. The van der Waals surface area contributed by atoms with E-state index in [1.807, 2.05) is 44.2 Å². The fraction of sp³-hybridized carbons (Fsp3) is 0.250. The van der Waals surface area contributed by atoms with Gasteiger partial charge >= 0.3 is 5.97 Å². The molecule has 0 atom stereocenters. The van der Waals surface area contributed by atoms with E-state index in [1.54, 1.807) is 25.2 Å². The number of aromatic nitrogens is 1. The van der Waals surface area contributed by atoms with Crippen LogP contribution >= 0.6 is 0 Å². The van der Waals surface area contributed by atoms with Gasteiger partial charge in [-0.2, -0.15) is 0 Å². The van der Waals surface area contributed by atoms with E-state index in [4.69, 9.17) is 9.26 Å². The molecule has 6 heteroatoms. The highest BCUT2D eigenvalue weighted by molar-refractivity contribution is 5.99. The van der Waals surface area contributed by atoms with Crippen molar-refractivity contribution in [2.75, 3.05) is 13.7 Å². The summed E-state index contributed by atoms with van der Waals surface area (Å²) < 4.78 is 10.6. The van der Waals surface area contributed by atoms with Crippen LogP contribution in [0.2, 0.25) is 0 Å². The molecule has 1 heterocycles. The molecular formula is C20H20N2O4. The summed E-state index contributed by atoms with van der Waals surface area (Å²) >= 11 is 0. The lowest BCUT2D eigenvalue weighted by molar-refractivity contribution is -0.134. The van der Waals surface area contributed by atoms with Crippen molar-refractivity contribution >= 4 is 22.8 Å². The van der Waals surface area contributed by atoms with E-state index in [0.29, 0.717) is 16.8 Å². The first-order valence-corrected chi connectivity index (χ1v) is 8.35. The summed E-state index contributed by atoms with van der Waals surface area (Å²) in [6.07, 6.45) is 0. The zero-order chi connectivity index (χ0) is 18.7. The quantitative estimate of drug-likeness (QED) is 0.657. The molecule has 1 aromatic heterocycles. The first-order valence-electron chi connectivity index (χ1n) is 8.35. The van der Waals surface area contributed by atoms with Crippen molar-refractivity contribution in [2.24, 2.45) is 0 Å². The minimum absolute atomic E-state index is 0.0444. The second-order valence-electron chi connectivity index (χ2n) is 6.28. The number of esters is 1. The molecule has 0 bridgehead atoms. The number of likely N-dealkylation sites (N-methyl/N-ethyl adjacent to an activating group) is 1. The van der Waals surface area contributed by atoms with Gasteiger partial charge in [-0.05, 0) is 32.0 Å². The van der Waals surface area contributed by atoms with Crippen molar-refractivity contribution in [3.63, 3.8) is 0 Å². The molecule has 6 nitrogen and oxygen atoms in total. The van der Waals surface area contributed by atoms with Crippen LogP contribution in [-0.4, -0.2) is 41.6 Å². The number of hydrogen-bond donors (Lipinski definition) is 0. The number of hydrogen-bond acceptors (Lipinski definition) is 5. The molecule has 0 radical (unpaired) electrons. The highest BCUT2D eigenvalue weighted by Gasteiger charge is 2.17. The third kappa shape index (κ3) is 3.59. The summed E-state index contributed by atoms with van der Waals surface area (Å²) in [5, 5.41) is 4.74. The molecule has 0 aliphatic heterocycles. The Kier molecular flexibility index (Phi) is 5.02. The number of nitrogens with zero attached hydrogens (tertiary/aromatic N) is 2. The van der Waals surface area contributed by atoms with Gasteiger partial charge < -0.3 is 14.2 Å². The Hall–Kier alpha value is -3.15. The maximum atomic E-state index is 12.3. The third-order valence-corrected chi connectivity index (χ3v) is 4.24. The molecule has 0 spiro atoms. The molecule has 3 rings (SSSR count). The monoisotopic (exact) mass is 352 g/mol. The van der Waals surface area contributed by atoms with Crippen molar-refractivity contribution < 1.29 is 18.8 Å². The van der Waals surface area contributed by atoms with Gasteiger partial charge in [0.1, 0.15) is 5.52 Å². The van der Waals surface area contributed by atoms with Crippen molar-refractivity contribution in [2.45, 2.75) is 19.9 Å². The zero-order valence-corrected chi connectivity index (χ0v) is 14.9. The van der Waals surface area contributed by atoms with E-state index in [2.05, 4.69) is 5.16 Å². The standard InChI is InChI=1S/C20H20N2O4/c1-13(2)22(3)18(23)12-25-20(24)15-9-10-17-16(11-15)19(26-21-17)14-7-5-4-6-8-14/h4-11,13H,12H2,1-3H3. The van der Waals surface area contributed by atoms with Crippen LogP contribution in [0.3, 0.4) is 0 Å². The number of rotatable bonds is 5. The Morgan fingerprint density at radius 2 is 1.88 bits per heavy atom. The van der Waals surface area contributed by atoms with Crippen molar-refractivity contribution in [1.82, 2.24) is 10.1 Å². The fourth-order valence-electron chi connectivity index (χ4n) is 2.47. The van der Waals surface area contributed by atoms with E-state index < -0.39 is 5.97 Å². The van der Waals surface area contributed by atoms with Crippen LogP contribution in [0, 0.1) is 0 Å². The highest BCUT2D eigenvalue weighted by Crippen LogP contribution is 2.29. The van der Waals surface area contributed by atoms with Crippen LogP contribution < -0.4 is 0 Å². The van der Waals surface area contributed by atoms with Crippen LogP contribution in [0.25, 0.3) is 22.2 Å². The van der Waals surface area contributed by atoms with Crippen LogP contribution in [0.4, 0.5) is 0 Å². The normalized spacial score (nSPS) is 10.9. The number of amides is 1. The van der Waals surface area contributed by atoms with Crippen molar-refractivity contribution in [3.05, 3.63) is 54.1 Å². The number of carbonyl (C=O) groups excluding carboxylic acids is 2. The topological polar surface area (TPSA) is 72.6 Å². The lowest BCUT2D eigenvalue weighted by Crippen LogP contribution is -2.36. The van der Waals surface area contributed by atoms with Crippen LogP contribution in [0.1, 0.15) is 24.2 Å². The first kappa shape index (κ1) is 17.7. The summed E-state index contributed by atoms with van der Waals surface area (Å²) in [5.41, 5.74) is 1.86. The number of carbonyl (C=O) groups is 2. The molecule has 0 saturated heterocycles. The van der Waals surface area contributed by atoms with Gasteiger partial charge in [-0.3, -0.25) is 4.79 Å². The van der Waals surface area contributed by atoms with Crippen LogP contribution in [0.5, 0.6) is 0 Å². The van der Waals surface area contributed by atoms with Crippen LogP contribution in [0.15, 0.2) is 53.1 Å². The van der Waals surface area contributed by atoms with Gasteiger partial charge in [0, 0.05) is 18.7 Å². The maximum Gasteiger partial charge on any atom is 0.338 e. The zero-order valence-electron chi connectivity index (χ0n) is 14.9. The van der Waals surface area contributed by atoms with Gasteiger partial charge in [0.25, 0.3) is 5.91 Å². The van der Waals surface area contributed by atoms with Gasteiger partial charge in [0.05, 0.1) is 10.9 Å². The Labute approximate surface area is 151 Å². The number of benzene rings is 2. The molecule has 0 aliphatic carbocycles. The van der Waals surface area contributed by atoms with Gasteiger partial charge in [-0.1, -0.05) is 35.5 Å². The van der Waals surface area contributed by atoms with E-state index >= 15 is 0 Å². The van der Waals surface area contributed by atoms with E-state index in [0.717, 1.165) is 10.9 Å². The second kappa shape index (κ2) is 7.39. The summed E-state index contributed by atoms with van der Waals surface area (Å²) in [7, 11) is 1.68. The van der Waals surface area contributed by atoms with Gasteiger partial charge in [-0.15, -0.1) is 0 Å².